The molecule has 5 rings (SSSR count). The normalized spacial score (nSPS) is 16.0. The van der Waals surface area contributed by atoms with Crippen molar-refractivity contribution in [1.82, 2.24) is 24.3 Å². The third kappa shape index (κ3) is 4.34. The van der Waals surface area contributed by atoms with E-state index in [0.29, 0.717) is 23.4 Å². The molecule has 3 heterocycles. The number of aliphatic hydroxyl groups is 1. The van der Waals surface area contributed by atoms with E-state index >= 15 is 0 Å². The molecule has 4 aromatic rings. The van der Waals surface area contributed by atoms with Gasteiger partial charge in [-0.2, -0.15) is 4.98 Å². The summed E-state index contributed by atoms with van der Waals surface area (Å²) >= 11 is 0. The zero-order chi connectivity index (χ0) is 24.9. The van der Waals surface area contributed by atoms with Crippen LogP contribution >= 0.6 is 0 Å². The molecule has 35 heavy (non-hydrogen) atoms. The van der Waals surface area contributed by atoms with Crippen molar-refractivity contribution >= 4 is 22.7 Å². The molecule has 3 aromatic heterocycles. The molecular weight excluding hydrogens is 440 g/mol. The van der Waals surface area contributed by atoms with Crippen LogP contribution in [0.25, 0.3) is 16.7 Å². The van der Waals surface area contributed by atoms with Crippen LogP contribution in [0.2, 0.25) is 0 Å². The van der Waals surface area contributed by atoms with Gasteiger partial charge < -0.3 is 10.4 Å². The summed E-state index contributed by atoms with van der Waals surface area (Å²) in [6.45, 7) is 10.3. The summed E-state index contributed by atoms with van der Waals surface area (Å²) in [6, 6.07) is 9.98. The molecule has 0 aliphatic heterocycles. The highest BCUT2D eigenvalue weighted by Crippen LogP contribution is 2.27. The minimum absolute atomic E-state index is 0.0737. The van der Waals surface area contributed by atoms with Crippen LogP contribution < -0.4 is 10.9 Å². The van der Waals surface area contributed by atoms with E-state index in [4.69, 9.17) is 4.98 Å². The van der Waals surface area contributed by atoms with Gasteiger partial charge in [0.1, 0.15) is 5.39 Å². The molecule has 8 nitrogen and oxygen atoms in total. The molecule has 2 N–H and O–H groups in total. The smallest absolute Gasteiger partial charge is 0.278 e. The number of hydrogen-bond donors (Lipinski definition) is 2. The summed E-state index contributed by atoms with van der Waals surface area (Å²) in [5.74, 6) is 0.424. The predicted octanol–water partition coefficient (Wildman–Crippen LogP) is 4.45. The molecule has 1 aromatic carbocycles. The lowest BCUT2D eigenvalue weighted by atomic mass is 9.89. The summed E-state index contributed by atoms with van der Waals surface area (Å²) < 4.78 is 3.59. The molecule has 0 saturated carbocycles. The van der Waals surface area contributed by atoms with E-state index in [1.807, 2.05) is 36.7 Å². The standard InChI is InChI=1S/C27H32N6O2/c1-16(2)32-25(35)22-15-29-26(30-19-8-6-18-13-21(34)9-7-17(18)12-19)31-24(22)33(32)20-10-11-28-23(14-20)27(3,4)5/h6,8,10-12,14-16,21,34H,7,9,13H2,1-5H3,(H,29,30,31). The number of aryl methyl sites for hydroxylation is 1. The molecule has 0 fully saturated rings. The van der Waals surface area contributed by atoms with Gasteiger partial charge in [-0.05, 0) is 68.5 Å². The molecule has 0 radical (unpaired) electrons. The zero-order valence-electron chi connectivity index (χ0n) is 20.9. The third-order valence-corrected chi connectivity index (χ3v) is 6.53. The van der Waals surface area contributed by atoms with Crippen molar-refractivity contribution in [3.05, 3.63) is 69.9 Å². The fourth-order valence-electron chi connectivity index (χ4n) is 4.68. The Bertz CT molecular complexity index is 1460. The number of aromatic nitrogens is 5. The van der Waals surface area contributed by atoms with Gasteiger partial charge in [-0.15, -0.1) is 0 Å². The van der Waals surface area contributed by atoms with E-state index in [9.17, 15) is 9.90 Å². The molecule has 8 heteroatoms. The van der Waals surface area contributed by atoms with Crippen LogP contribution in [0.5, 0.6) is 0 Å². The number of benzene rings is 1. The quantitative estimate of drug-likeness (QED) is 0.455. The van der Waals surface area contributed by atoms with Gasteiger partial charge in [-0.3, -0.25) is 9.78 Å². The van der Waals surface area contributed by atoms with Gasteiger partial charge in [0, 0.05) is 35.2 Å². The number of fused-ring (bicyclic) bond motifs is 2. The number of hydrogen-bond acceptors (Lipinski definition) is 6. The van der Waals surface area contributed by atoms with E-state index in [1.165, 1.54) is 11.1 Å². The number of nitrogens with zero attached hydrogens (tertiary/aromatic N) is 5. The van der Waals surface area contributed by atoms with E-state index in [-0.39, 0.29) is 23.1 Å². The van der Waals surface area contributed by atoms with Crippen LogP contribution in [0.15, 0.2) is 47.5 Å². The van der Waals surface area contributed by atoms with Crippen LogP contribution in [0.3, 0.4) is 0 Å². The molecule has 1 atom stereocenters. The maximum atomic E-state index is 13.3. The third-order valence-electron chi connectivity index (χ3n) is 6.53. The van der Waals surface area contributed by atoms with Crippen molar-refractivity contribution in [2.45, 2.75) is 71.4 Å². The number of anilines is 2. The monoisotopic (exact) mass is 472 g/mol. The van der Waals surface area contributed by atoms with Crippen LogP contribution in [0.1, 0.15) is 63.9 Å². The fourth-order valence-corrected chi connectivity index (χ4v) is 4.68. The fraction of sp³-hybridized carbons (Fsp3) is 0.407. The Morgan fingerprint density at radius 2 is 1.91 bits per heavy atom. The molecule has 0 amide bonds. The van der Waals surface area contributed by atoms with Gasteiger partial charge in [-0.25, -0.2) is 14.3 Å². The second kappa shape index (κ2) is 8.61. The Morgan fingerprint density at radius 3 is 2.66 bits per heavy atom. The highest BCUT2D eigenvalue weighted by atomic mass is 16.3. The van der Waals surface area contributed by atoms with Gasteiger partial charge in [0.15, 0.2) is 5.65 Å². The second-order valence-corrected chi connectivity index (χ2v) is 10.6. The average Bonchev–Trinajstić information content (AvgIpc) is 3.10. The Morgan fingerprint density at radius 1 is 1.11 bits per heavy atom. The molecule has 1 aliphatic carbocycles. The topological polar surface area (TPSA) is 97.9 Å². The van der Waals surface area contributed by atoms with E-state index < -0.39 is 0 Å². The average molecular weight is 473 g/mol. The van der Waals surface area contributed by atoms with Gasteiger partial charge in [0.25, 0.3) is 5.56 Å². The van der Waals surface area contributed by atoms with E-state index in [1.54, 1.807) is 17.1 Å². The Balaban J connectivity index is 1.60. The number of aliphatic hydroxyl groups excluding tert-OH is 1. The molecule has 182 valence electrons. The van der Waals surface area contributed by atoms with Crippen molar-refractivity contribution in [2.75, 3.05) is 5.32 Å². The van der Waals surface area contributed by atoms with Crippen molar-refractivity contribution in [1.29, 1.82) is 0 Å². The summed E-state index contributed by atoms with van der Waals surface area (Å²) in [6.07, 6.45) is 5.43. The Hall–Kier alpha value is -3.52. The molecule has 1 aliphatic rings. The molecule has 1 unspecified atom stereocenters. The van der Waals surface area contributed by atoms with E-state index in [2.05, 4.69) is 48.2 Å². The number of rotatable bonds is 4. The number of nitrogens with one attached hydrogen (secondary N) is 1. The summed E-state index contributed by atoms with van der Waals surface area (Å²) in [5, 5.41) is 13.7. The first kappa shape index (κ1) is 23.2. The first-order valence-electron chi connectivity index (χ1n) is 12.2. The summed E-state index contributed by atoms with van der Waals surface area (Å²) in [4.78, 5) is 27.1. The van der Waals surface area contributed by atoms with Crippen LogP contribution in [0, 0.1) is 0 Å². The SMILES string of the molecule is CC(C)n1c(=O)c2cnc(Nc3ccc4c(c3)CCC(O)C4)nc2n1-c1ccnc(C(C)(C)C)c1. The van der Waals surface area contributed by atoms with Gasteiger partial charge >= 0.3 is 0 Å². The largest absolute Gasteiger partial charge is 0.393 e. The second-order valence-electron chi connectivity index (χ2n) is 10.6. The molecule has 0 bridgehead atoms. The van der Waals surface area contributed by atoms with Crippen LogP contribution in [0.4, 0.5) is 11.6 Å². The van der Waals surface area contributed by atoms with Crippen molar-refractivity contribution in [3.8, 4) is 5.69 Å². The zero-order valence-corrected chi connectivity index (χ0v) is 20.9. The highest BCUT2D eigenvalue weighted by Gasteiger charge is 2.22. The van der Waals surface area contributed by atoms with Crippen molar-refractivity contribution in [3.63, 3.8) is 0 Å². The van der Waals surface area contributed by atoms with Gasteiger partial charge in [0.2, 0.25) is 5.95 Å². The molecular formula is C27H32N6O2. The maximum absolute atomic E-state index is 13.3. The lowest BCUT2D eigenvalue weighted by molar-refractivity contribution is 0.158. The van der Waals surface area contributed by atoms with Gasteiger partial charge in [0.05, 0.1) is 11.8 Å². The lowest BCUT2D eigenvalue weighted by Gasteiger charge is -2.21. The highest BCUT2D eigenvalue weighted by molar-refractivity contribution is 5.77. The lowest BCUT2D eigenvalue weighted by Crippen LogP contribution is -2.24. The Kier molecular flexibility index (Phi) is 5.71. The number of pyridine rings is 1. The van der Waals surface area contributed by atoms with Crippen molar-refractivity contribution in [2.24, 2.45) is 0 Å². The minimum Gasteiger partial charge on any atom is -0.393 e. The van der Waals surface area contributed by atoms with E-state index in [0.717, 1.165) is 29.9 Å². The molecule has 0 spiro atoms. The first-order valence-corrected chi connectivity index (χ1v) is 12.2. The summed E-state index contributed by atoms with van der Waals surface area (Å²) in [5.41, 5.74) is 5.36. The van der Waals surface area contributed by atoms with Crippen molar-refractivity contribution < 1.29 is 5.11 Å². The van der Waals surface area contributed by atoms with Gasteiger partial charge in [-0.1, -0.05) is 26.8 Å². The Labute approximate surface area is 204 Å². The van der Waals surface area contributed by atoms with Crippen LogP contribution in [-0.4, -0.2) is 35.5 Å². The summed E-state index contributed by atoms with van der Waals surface area (Å²) in [7, 11) is 0. The van der Waals surface area contributed by atoms with Crippen LogP contribution in [-0.2, 0) is 18.3 Å². The molecule has 0 saturated heterocycles. The minimum atomic E-state index is -0.263. The maximum Gasteiger partial charge on any atom is 0.278 e. The first-order chi connectivity index (χ1) is 16.6. The predicted molar refractivity (Wildman–Crippen MR) is 138 cm³/mol.